The Morgan fingerprint density at radius 2 is 2.00 bits per heavy atom. The topological polar surface area (TPSA) is 203 Å². The predicted octanol–water partition coefficient (Wildman–Crippen LogP) is 0.370. The minimum Gasteiger partial charge on any atom is -0.481 e. The van der Waals surface area contributed by atoms with Crippen LogP contribution in [0.4, 0.5) is 10.6 Å². The smallest absolute Gasteiger partial charge is 0.481 e. The fourth-order valence-corrected chi connectivity index (χ4v) is 2.75. The van der Waals surface area contributed by atoms with Gasteiger partial charge in [-0.25, -0.2) is 14.3 Å². The number of ether oxygens (including phenoxy) is 3. The van der Waals surface area contributed by atoms with Crippen LogP contribution in [0.1, 0.15) is 37.5 Å². The molecule has 2 aromatic rings. The van der Waals surface area contributed by atoms with Gasteiger partial charge in [0.2, 0.25) is 0 Å². The highest BCUT2D eigenvalue weighted by molar-refractivity contribution is 5.66. The summed E-state index contributed by atoms with van der Waals surface area (Å²) in [6.07, 6.45) is -1.57. The van der Waals surface area contributed by atoms with Gasteiger partial charge >= 0.3 is 12.1 Å². The lowest BCUT2D eigenvalue weighted by Gasteiger charge is -2.24. The number of carbonyl (C=O) groups excluding carboxylic acids is 1. The van der Waals surface area contributed by atoms with Crippen LogP contribution >= 0.6 is 0 Å². The first kappa shape index (κ1) is 23.6. The van der Waals surface area contributed by atoms with Crippen molar-refractivity contribution in [3.8, 4) is 6.26 Å². The van der Waals surface area contributed by atoms with Crippen molar-refractivity contribution < 1.29 is 39.1 Å². The molecule has 2 rings (SSSR count). The van der Waals surface area contributed by atoms with Crippen LogP contribution in [0.2, 0.25) is 0 Å². The van der Waals surface area contributed by atoms with E-state index >= 15 is 0 Å². The number of carbonyl (C=O) groups is 2. The normalized spacial score (nSPS) is 13.7. The van der Waals surface area contributed by atoms with E-state index in [0.717, 1.165) is 0 Å². The number of carboxylic acids is 1. The molecule has 0 aliphatic rings. The second kappa shape index (κ2) is 11.5. The van der Waals surface area contributed by atoms with Crippen LogP contribution in [0.15, 0.2) is 18.5 Å². The monoisotopic (exact) mass is 437 g/mol. The maximum Gasteiger partial charge on any atom is 0.508 e. The number of unbranched alkanes of at least 4 members (excludes halogenated alkanes) is 2. The van der Waals surface area contributed by atoms with E-state index in [1.54, 1.807) is 6.07 Å². The molecule has 13 nitrogen and oxygen atoms in total. The fourth-order valence-electron chi connectivity index (χ4n) is 2.75. The quantitative estimate of drug-likeness (QED) is 0.202. The number of rotatable bonds is 12. The lowest BCUT2D eigenvalue weighted by Crippen LogP contribution is -2.38. The SMILES string of the molecule is N#CO[C@H](COC(=O)OCCCCCC(=O)O)[C@@H](O)[C@@H](O)c1ccc2c(N)ncnn12. The van der Waals surface area contributed by atoms with Crippen LogP contribution in [-0.4, -0.2) is 67.5 Å². The minimum atomic E-state index is -1.65. The lowest BCUT2D eigenvalue weighted by molar-refractivity contribution is -0.137. The molecule has 0 aromatic carbocycles. The van der Waals surface area contributed by atoms with Crippen LogP contribution < -0.4 is 5.73 Å². The molecule has 0 spiro atoms. The number of hydrogen-bond acceptors (Lipinski definition) is 11. The Balaban J connectivity index is 1.88. The van der Waals surface area contributed by atoms with Gasteiger partial charge in [0, 0.05) is 6.42 Å². The number of nitrogens with zero attached hydrogens (tertiary/aromatic N) is 4. The summed E-state index contributed by atoms with van der Waals surface area (Å²) in [6, 6.07) is 3.02. The Bertz CT molecular complexity index is 927. The summed E-state index contributed by atoms with van der Waals surface area (Å²) in [4.78, 5) is 25.9. The molecule has 13 heteroatoms. The number of nitrogen functional groups attached to an aromatic ring is 1. The average Bonchev–Trinajstić information content (AvgIpc) is 3.17. The van der Waals surface area contributed by atoms with Crippen molar-refractivity contribution in [1.82, 2.24) is 14.6 Å². The molecule has 2 heterocycles. The number of aliphatic hydroxyl groups excluding tert-OH is 2. The molecule has 0 aliphatic heterocycles. The zero-order valence-electron chi connectivity index (χ0n) is 16.5. The van der Waals surface area contributed by atoms with E-state index in [1.807, 2.05) is 0 Å². The molecule has 168 valence electrons. The number of aliphatic carboxylic acids is 1. The highest BCUT2D eigenvalue weighted by Crippen LogP contribution is 2.24. The van der Waals surface area contributed by atoms with E-state index in [2.05, 4.69) is 10.1 Å². The summed E-state index contributed by atoms with van der Waals surface area (Å²) in [5.74, 6) is -0.726. The first-order valence-electron chi connectivity index (χ1n) is 9.35. The summed E-state index contributed by atoms with van der Waals surface area (Å²) >= 11 is 0. The molecular weight excluding hydrogens is 414 g/mol. The minimum absolute atomic E-state index is 0.0185. The molecule has 0 unspecified atom stereocenters. The van der Waals surface area contributed by atoms with E-state index in [1.165, 1.54) is 23.2 Å². The Labute approximate surface area is 176 Å². The number of anilines is 1. The van der Waals surface area contributed by atoms with Gasteiger partial charge in [0.05, 0.1) is 12.3 Å². The molecule has 0 aliphatic carbocycles. The number of carboxylic acid groups (broad SMARTS) is 1. The first-order valence-corrected chi connectivity index (χ1v) is 9.35. The molecule has 0 amide bonds. The average molecular weight is 437 g/mol. The van der Waals surface area contributed by atoms with Gasteiger partial charge in [-0.2, -0.15) is 10.4 Å². The van der Waals surface area contributed by atoms with Gasteiger partial charge in [0.1, 0.15) is 30.7 Å². The summed E-state index contributed by atoms with van der Waals surface area (Å²) in [7, 11) is 0. The molecular formula is C18H23N5O8. The highest BCUT2D eigenvalue weighted by atomic mass is 16.7. The molecule has 0 saturated carbocycles. The van der Waals surface area contributed by atoms with E-state index in [-0.39, 0.29) is 24.5 Å². The van der Waals surface area contributed by atoms with Crippen LogP contribution in [-0.2, 0) is 19.0 Å². The third-order valence-electron chi connectivity index (χ3n) is 4.34. The second-order valence-electron chi connectivity index (χ2n) is 6.50. The van der Waals surface area contributed by atoms with Gasteiger partial charge in [-0.3, -0.25) is 4.79 Å². The van der Waals surface area contributed by atoms with Gasteiger partial charge in [0.25, 0.3) is 6.26 Å². The standard InChI is InChI=1S/C18H23N5O8/c19-9-31-13(8-30-18(28)29-7-3-1-2-4-14(24)25)16(27)15(26)11-5-6-12-17(20)21-10-22-23(11)12/h5-6,10,13,15-16,26-27H,1-4,7-8H2,(H,24,25)(H2,20,21,22)/t13-,15+,16-/m1/s1. The number of nitriles is 1. The fraction of sp³-hybridized carbons (Fsp3) is 0.500. The summed E-state index contributed by atoms with van der Waals surface area (Å²) in [5.41, 5.74) is 6.30. The van der Waals surface area contributed by atoms with Crippen molar-refractivity contribution >= 4 is 23.5 Å². The van der Waals surface area contributed by atoms with Crippen molar-refractivity contribution in [3.05, 3.63) is 24.2 Å². The zero-order chi connectivity index (χ0) is 22.8. The number of aliphatic hydroxyl groups is 2. The van der Waals surface area contributed by atoms with Gasteiger partial charge in [-0.05, 0) is 31.4 Å². The van der Waals surface area contributed by atoms with Gasteiger partial charge < -0.3 is 35.3 Å². The summed E-state index contributed by atoms with van der Waals surface area (Å²) in [6.45, 7) is -0.547. The first-order chi connectivity index (χ1) is 14.8. The number of fused-ring (bicyclic) bond motifs is 1. The van der Waals surface area contributed by atoms with E-state index in [0.29, 0.717) is 24.8 Å². The molecule has 0 fully saturated rings. The van der Waals surface area contributed by atoms with Crippen LogP contribution in [0, 0.1) is 11.5 Å². The molecule has 2 aromatic heterocycles. The number of aromatic nitrogens is 3. The maximum absolute atomic E-state index is 11.7. The van der Waals surface area contributed by atoms with Crippen molar-refractivity contribution in [1.29, 1.82) is 5.26 Å². The lowest BCUT2D eigenvalue weighted by atomic mass is 10.1. The van der Waals surface area contributed by atoms with Gasteiger partial charge in [-0.1, -0.05) is 0 Å². The summed E-state index contributed by atoms with van der Waals surface area (Å²) in [5, 5.41) is 42.3. The zero-order valence-corrected chi connectivity index (χ0v) is 16.5. The maximum atomic E-state index is 11.7. The van der Waals surface area contributed by atoms with Gasteiger partial charge in [0.15, 0.2) is 11.9 Å². The third-order valence-corrected chi connectivity index (χ3v) is 4.34. The van der Waals surface area contributed by atoms with Crippen LogP contribution in [0.3, 0.4) is 0 Å². The molecule has 3 atom stereocenters. The third kappa shape index (κ3) is 6.69. The van der Waals surface area contributed by atoms with E-state index in [4.69, 9.17) is 30.3 Å². The molecule has 0 bridgehead atoms. The largest absolute Gasteiger partial charge is 0.508 e. The van der Waals surface area contributed by atoms with Crippen molar-refractivity contribution in [2.75, 3.05) is 18.9 Å². The molecule has 0 saturated heterocycles. The number of hydrogen-bond donors (Lipinski definition) is 4. The van der Waals surface area contributed by atoms with Crippen molar-refractivity contribution in [3.63, 3.8) is 0 Å². The van der Waals surface area contributed by atoms with Crippen LogP contribution in [0.25, 0.3) is 5.52 Å². The molecule has 0 radical (unpaired) electrons. The van der Waals surface area contributed by atoms with E-state index in [9.17, 15) is 19.8 Å². The Hall–Kier alpha value is -3.63. The van der Waals surface area contributed by atoms with E-state index < -0.39 is 37.0 Å². The van der Waals surface area contributed by atoms with Crippen LogP contribution in [0.5, 0.6) is 0 Å². The molecule has 5 N–H and O–H groups in total. The highest BCUT2D eigenvalue weighted by Gasteiger charge is 2.32. The summed E-state index contributed by atoms with van der Waals surface area (Å²) < 4.78 is 15.7. The Kier molecular flexibility index (Phi) is 8.79. The Morgan fingerprint density at radius 1 is 1.23 bits per heavy atom. The number of nitrogens with two attached hydrogens (primary N) is 1. The Morgan fingerprint density at radius 3 is 2.71 bits per heavy atom. The molecule has 31 heavy (non-hydrogen) atoms. The van der Waals surface area contributed by atoms with Crippen molar-refractivity contribution in [2.45, 2.75) is 44.0 Å². The van der Waals surface area contributed by atoms with Crippen molar-refractivity contribution in [2.24, 2.45) is 0 Å². The van der Waals surface area contributed by atoms with Gasteiger partial charge in [-0.15, -0.1) is 0 Å². The second-order valence-corrected chi connectivity index (χ2v) is 6.50. The predicted molar refractivity (Wildman–Crippen MR) is 102 cm³/mol.